The van der Waals surface area contributed by atoms with E-state index in [0.29, 0.717) is 5.02 Å². The molecule has 4 aromatic carbocycles. The third kappa shape index (κ3) is 8.27. The molecule has 0 aliphatic heterocycles. The van der Waals surface area contributed by atoms with Gasteiger partial charge in [0.05, 0.1) is 10.6 Å². The summed E-state index contributed by atoms with van der Waals surface area (Å²) < 4.78 is 29.1. The summed E-state index contributed by atoms with van der Waals surface area (Å²) in [6.07, 6.45) is 0.975. The molecule has 0 aliphatic carbocycles. The fraction of sp³-hybridized carbons (Fsp3) is 0.257. The van der Waals surface area contributed by atoms with Crippen molar-refractivity contribution in [2.45, 2.75) is 57.1 Å². The van der Waals surface area contributed by atoms with E-state index < -0.39 is 28.5 Å². The number of carbonyl (C=O) groups excluding carboxylic acids is 2. The number of nitrogens with one attached hydrogen (secondary N) is 1. The fourth-order valence-electron chi connectivity index (χ4n) is 4.82. The lowest BCUT2D eigenvalue weighted by Gasteiger charge is -2.34. The molecule has 44 heavy (non-hydrogen) atoms. The first-order chi connectivity index (χ1) is 21.1. The monoisotopic (exact) mass is 631 g/mol. The lowest BCUT2D eigenvalue weighted by atomic mass is 10.0. The topological polar surface area (TPSA) is 86.8 Å². The van der Waals surface area contributed by atoms with Gasteiger partial charge in [-0.2, -0.15) is 0 Å². The van der Waals surface area contributed by atoms with Crippen LogP contribution in [0.5, 0.6) is 0 Å². The number of sulfonamides is 1. The molecule has 1 N–H and O–H groups in total. The molecule has 7 nitrogen and oxygen atoms in total. The number of rotatable bonds is 13. The number of amides is 2. The van der Waals surface area contributed by atoms with Crippen LogP contribution in [0.4, 0.5) is 5.69 Å². The lowest BCUT2D eigenvalue weighted by Crippen LogP contribution is -2.54. The summed E-state index contributed by atoms with van der Waals surface area (Å²) >= 11 is 6.13. The third-order valence-corrected chi connectivity index (χ3v) is 9.64. The molecule has 4 rings (SSSR count). The highest BCUT2D eigenvalue weighted by Gasteiger charge is 2.35. The van der Waals surface area contributed by atoms with Crippen LogP contribution in [0, 0.1) is 6.92 Å². The van der Waals surface area contributed by atoms with E-state index in [2.05, 4.69) is 5.32 Å². The quantitative estimate of drug-likeness (QED) is 0.185. The summed E-state index contributed by atoms with van der Waals surface area (Å²) in [5.41, 5.74) is 2.98. The number of aryl methyl sites for hydroxylation is 1. The Balaban J connectivity index is 1.80. The van der Waals surface area contributed by atoms with Gasteiger partial charge in [0.2, 0.25) is 11.8 Å². The van der Waals surface area contributed by atoms with Gasteiger partial charge < -0.3 is 10.2 Å². The molecule has 0 unspecified atom stereocenters. The van der Waals surface area contributed by atoms with Gasteiger partial charge in [0.25, 0.3) is 10.0 Å². The number of hydrogen-bond donors (Lipinski definition) is 1. The van der Waals surface area contributed by atoms with Crippen LogP contribution in [0.1, 0.15) is 37.0 Å². The predicted molar refractivity (Wildman–Crippen MR) is 176 cm³/mol. The molecule has 2 atom stereocenters. The number of anilines is 1. The number of halogens is 1. The summed E-state index contributed by atoms with van der Waals surface area (Å²) in [7, 11) is -4.16. The molecule has 0 saturated carbocycles. The molecular weight excluding hydrogens is 594 g/mol. The van der Waals surface area contributed by atoms with E-state index in [0.717, 1.165) is 27.4 Å². The van der Waals surface area contributed by atoms with Gasteiger partial charge in [0.1, 0.15) is 12.6 Å². The van der Waals surface area contributed by atoms with Crippen LogP contribution in [-0.2, 0) is 32.6 Å². The molecule has 0 saturated heterocycles. The zero-order valence-corrected chi connectivity index (χ0v) is 26.8. The van der Waals surface area contributed by atoms with Gasteiger partial charge >= 0.3 is 0 Å². The Kier molecular flexibility index (Phi) is 11.2. The van der Waals surface area contributed by atoms with Crippen molar-refractivity contribution in [1.29, 1.82) is 0 Å². The van der Waals surface area contributed by atoms with Crippen molar-refractivity contribution in [2.24, 2.45) is 0 Å². The zero-order valence-electron chi connectivity index (χ0n) is 25.2. The van der Waals surface area contributed by atoms with Crippen LogP contribution in [0.2, 0.25) is 5.02 Å². The van der Waals surface area contributed by atoms with Gasteiger partial charge in [0, 0.05) is 24.0 Å². The molecule has 0 spiro atoms. The molecule has 0 radical (unpaired) electrons. The largest absolute Gasteiger partial charge is 0.352 e. The lowest BCUT2D eigenvalue weighted by molar-refractivity contribution is -0.140. The SMILES string of the molecule is CC[C@@H](C)NC(=O)[C@H](Cc1ccccc1)N(Cc1ccccc1C)C(=O)CN(c1ccc(Cl)cc1)S(=O)(=O)c1ccccc1. The summed E-state index contributed by atoms with van der Waals surface area (Å²) in [6.45, 7) is 5.44. The Morgan fingerprint density at radius 2 is 1.43 bits per heavy atom. The van der Waals surface area contributed by atoms with E-state index >= 15 is 0 Å². The van der Waals surface area contributed by atoms with E-state index in [-0.39, 0.29) is 35.5 Å². The number of carbonyl (C=O) groups is 2. The van der Waals surface area contributed by atoms with Gasteiger partial charge in [-0.1, -0.05) is 91.3 Å². The fourth-order valence-corrected chi connectivity index (χ4v) is 6.38. The molecule has 0 bridgehead atoms. The molecule has 230 valence electrons. The molecular formula is C35H38ClN3O4S. The average molecular weight is 632 g/mol. The average Bonchev–Trinajstić information content (AvgIpc) is 3.03. The maximum Gasteiger partial charge on any atom is 0.264 e. The van der Waals surface area contributed by atoms with Gasteiger partial charge in [-0.15, -0.1) is 0 Å². The van der Waals surface area contributed by atoms with Gasteiger partial charge in [-0.05, 0) is 73.4 Å². The smallest absolute Gasteiger partial charge is 0.264 e. The second-order valence-electron chi connectivity index (χ2n) is 10.8. The van der Waals surface area contributed by atoms with E-state index in [9.17, 15) is 18.0 Å². The first kappa shape index (κ1) is 32.8. The Morgan fingerprint density at radius 3 is 2.05 bits per heavy atom. The molecule has 9 heteroatoms. The normalized spacial score (nSPS) is 12.6. The predicted octanol–water partition coefficient (Wildman–Crippen LogP) is 6.40. The Hall–Kier alpha value is -4.14. The summed E-state index contributed by atoms with van der Waals surface area (Å²) in [4.78, 5) is 29.9. The van der Waals surface area contributed by atoms with Gasteiger partial charge in [0.15, 0.2) is 0 Å². The van der Waals surface area contributed by atoms with E-state index in [4.69, 9.17) is 11.6 Å². The van der Waals surface area contributed by atoms with Crippen molar-refractivity contribution in [2.75, 3.05) is 10.8 Å². The molecule has 0 heterocycles. The number of nitrogens with zero attached hydrogens (tertiary/aromatic N) is 2. The second kappa shape index (κ2) is 15.0. The van der Waals surface area contributed by atoms with Crippen LogP contribution in [0.25, 0.3) is 0 Å². The van der Waals surface area contributed by atoms with E-state index in [1.165, 1.54) is 17.0 Å². The minimum absolute atomic E-state index is 0.0450. The highest BCUT2D eigenvalue weighted by Crippen LogP contribution is 2.26. The van der Waals surface area contributed by atoms with Crippen molar-refractivity contribution in [3.63, 3.8) is 0 Å². The Morgan fingerprint density at radius 1 is 0.841 bits per heavy atom. The highest BCUT2D eigenvalue weighted by molar-refractivity contribution is 7.92. The third-order valence-electron chi connectivity index (χ3n) is 7.60. The van der Waals surface area contributed by atoms with Gasteiger partial charge in [-0.3, -0.25) is 13.9 Å². The molecule has 4 aromatic rings. The first-order valence-corrected chi connectivity index (χ1v) is 16.4. The summed E-state index contributed by atoms with van der Waals surface area (Å²) in [5, 5.41) is 3.49. The van der Waals surface area contributed by atoms with Crippen LogP contribution >= 0.6 is 11.6 Å². The van der Waals surface area contributed by atoms with E-state index in [1.54, 1.807) is 42.5 Å². The van der Waals surface area contributed by atoms with E-state index in [1.807, 2.05) is 75.4 Å². The standard InChI is InChI=1S/C35H38ClN3O4S/c1-4-27(3)37-35(41)33(23-28-14-7-5-8-15-28)38(24-29-16-12-11-13-26(29)2)34(40)25-39(31-21-19-30(36)20-22-31)44(42,43)32-17-9-6-10-18-32/h5-22,27,33H,4,23-25H2,1-3H3,(H,37,41)/t27-,33+/m1/s1. The summed E-state index contributed by atoms with van der Waals surface area (Å²) in [6, 6.07) is 30.4. The minimum Gasteiger partial charge on any atom is -0.352 e. The van der Waals surface area contributed by atoms with Crippen molar-refractivity contribution >= 4 is 39.1 Å². The Bertz CT molecular complexity index is 1650. The number of hydrogen-bond acceptors (Lipinski definition) is 4. The zero-order chi connectivity index (χ0) is 31.7. The Labute approximate surface area is 265 Å². The van der Waals surface area contributed by atoms with Crippen molar-refractivity contribution < 1.29 is 18.0 Å². The second-order valence-corrected chi connectivity index (χ2v) is 13.1. The van der Waals surface area contributed by atoms with Crippen molar-refractivity contribution in [1.82, 2.24) is 10.2 Å². The van der Waals surface area contributed by atoms with Crippen LogP contribution in [0.15, 0.2) is 114 Å². The molecule has 0 fully saturated rings. The molecule has 0 aliphatic rings. The van der Waals surface area contributed by atoms with Crippen molar-refractivity contribution in [3.05, 3.63) is 131 Å². The highest BCUT2D eigenvalue weighted by atomic mass is 35.5. The maximum atomic E-state index is 14.5. The maximum absolute atomic E-state index is 14.5. The van der Waals surface area contributed by atoms with Crippen molar-refractivity contribution in [3.8, 4) is 0 Å². The first-order valence-electron chi connectivity index (χ1n) is 14.6. The van der Waals surface area contributed by atoms with Gasteiger partial charge in [-0.25, -0.2) is 8.42 Å². The minimum atomic E-state index is -4.16. The number of benzene rings is 4. The molecule has 2 amide bonds. The summed E-state index contributed by atoms with van der Waals surface area (Å²) in [5.74, 6) is -0.808. The van der Waals surface area contributed by atoms with Crippen LogP contribution in [-0.4, -0.2) is 43.8 Å². The van der Waals surface area contributed by atoms with Crippen LogP contribution < -0.4 is 9.62 Å². The molecule has 0 aromatic heterocycles. The van der Waals surface area contributed by atoms with Crippen LogP contribution in [0.3, 0.4) is 0 Å².